The molecule has 124 valence electrons. The molecule has 1 aromatic carbocycles. The summed E-state index contributed by atoms with van der Waals surface area (Å²) >= 11 is 5.91. The molecule has 0 amide bonds. The molecule has 5 nitrogen and oxygen atoms in total. The summed E-state index contributed by atoms with van der Waals surface area (Å²) in [7, 11) is 0. The number of hydrogen-bond acceptors (Lipinski definition) is 5. The number of rotatable bonds is 3. The van der Waals surface area contributed by atoms with E-state index in [4.69, 9.17) is 16.0 Å². The van der Waals surface area contributed by atoms with Crippen LogP contribution in [0.5, 0.6) is 0 Å². The van der Waals surface area contributed by atoms with Crippen molar-refractivity contribution in [3.63, 3.8) is 0 Å². The lowest BCUT2D eigenvalue weighted by molar-refractivity contribution is -0.149. The monoisotopic (exact) mass is 349 g/mol. The molecule has 0 saturated heterocycles. The van der Waals surface area contributed by atoms with Gasteiger partial charge in [-0.05, 0) is 43.7 Å². The molecule has 1 unspecified atom stereocenters. The van der Waals surface area contributed by atoms with Crippen molar-refractivity contribution in [2.45, 2.75) is 20.0 Å². The van der Waals surface area contributed by atoms with E-state index in [1.165, 1.54) is 18.2 Å². The minimum Gasteiger partial charge on any atom is -0.464 e. The number of pyridine rings is 1. The summed E-state index contributed by atoms with van der Waals surface area (Å²) in [5, 5.41) is 0.912. The summed E-state index contributed by atoms with van der Waals surface area (Å²) in [5.41, 5.74) is 0.157. The molecule has 3 aromatic rings. The van der Waals surface area contributed by atoms with Crippen LogP contribution >= 0.6 is 11.6 Å². The number of benzene rings is 1. The van der Waals surface area contributed by atoms with Gasteiger partial charge in [-0.15, -0.1) is 0 Å². The first-order valence-electron chi connectivity index (χ1n) is 7.26. The van der Waals surface area contributed by atoms with Crippen molar-refractivity contribution in [1.29, 1.82) is 0 Å². The highest BCUT2D eigenvalue weighted by Crippen LogP contribution is 2.26. The summed E-state index contributed by atoms with van der Waals surface area (Å²) in [6.07, 6.45) is -2.04. The third-order valence-electron chi connectivity index (χ3n) is 3.59. The first-order valence-corrected chi connectivity index (χ1v) is 7.64. The second-order valence-electron chi connectivity index (χ2n) is 5.23. The van der Waals surface area contributed by atoms with Gasteiger partial charge in [0.15, 0.2) is 0 Å². The highest BCUT2D eigenvalue weighted by atomic mass is 35.5. The van der Waals surface area contributed by atoms with E-state index in [2.05, 4.69) is 9.72 Å². The van der Waals surface area contributed by atoms with Gasteiger partial charge in [-0.3, -0.25) is 4.79 Å². The zero-order chi connectivity index (χ0) is 17.4. The van der Waals surface area contributed by atoms with Crippen molar-refractivity contribution < 1.29 is 18.3 Å². The van der Waals surface area contributed by atoms with Crippen LogP contribution in [0.4, 0.5) is 4.39 Å². The van der Waals surface area contributed by atoms with Gasteiger partial charge in [-0.1, -0.05) is 11.6 Å². The zero-order valence-electron chi connectivity index (χ0n) is 12.9. The Kier molecular flexibility index (Phi) is 4.24. The smallest absolute Gasteiger partial charge is 0.347 e. The topological polar surface area (TPSA) is 69.4 Å². The summed E-state index contributed by atoms with van der Waals surface area (Å²) in [6.45, 7) is 3.21. The maximum atomic E-state index is 14.3. The van der Waals surface area contributed by atoms with Crippen LogP contribution < -0.4 is 5.43 Å². The van der Waals surface area contributed by atoms with Crippen molar-refractivity contribution in [3.8, 4) is 0 Å². The fourth-order valence-electron chi connectivity index (χ4n) is 2.45. The van der Waals surface area contributed by atoms with Gasteiger partial charge in [-0.25, -0.2) is 14.2 Å². The average Bonchev–Trinajstić information content (AvgIpc) is 2.55. The minimum absolute atomic E-state index is 0.0395. The van der Waals surface area contributed by atoms with Crippen LogP contribution in [0, 0.1) is 6.92 Å². The van der Waals surface area contributed by atoms with Crippen LogP contribution in [0.1, 0.15) is 24.4 Å². The van der Waals surface area contributed by atoms with E-state index in [9.17, 15) is 14.0 Å². The third kappa shape index (κ3) is 2.73. The zero-order valence-corrected chi connectivity index (χ0v) is 13.7. The Hall–Kier alpha value is -2.47. The molecule has 0 aliphatic rings. The van der Waals surface area contributed by atoms with Crippen LogP contribution in [0.15, 0.2) is 33.5 Å². The van der Waals surface area contributed by atoms with Crippen LogP contribution in [-0.4, -0.2) is 17.6 Å². The molecule has 0 aliphatic heterocycles. The number of aryl methyl sites for hydroxylation is 1. The maximum Gasteiger partial charge on any atom is 0.347 e. The van der Waals surface area contributed by atoms with Gasteiger partial charge < -0.3 is 9.15 Å². The quantitative estimate of drug-likeness (QED) is 0.530. The fourth-order valence-corrected chi connectivity index (χ4v) is 2.62. The number of aromatic nitrogens is 1. The van der Waals surface area contributed by atoms with Crippen LogP contribution in [0.3, 0.4) is 0 Å². The molecule has 2 aromatic heterocycles. The van der Waals surface area contributed by atoms with E-state index in [1.807, 2.05) is 0 Å². The number of carbonyl (C=O) groups is 1. The largest absolute Gasteiger partial charge is 0.464 e. The molecule has 3 rings (SSSR count). The molecular weight excluding hydrogens is 337 g/mol. The third-order valence-corrected chi connectivity index (χ3v) is 3.82. The molecule has 0 radical (unpaired) electrons. The second kappa shape index (κ2) is 6.20. The van der Waals surface area contributed by atoms with Gasteiger partial charge >= 0.3 is 5.97 Å². The van der Waals surface area contributed by atoms with Gasteiger partial charge in [0.05, 0.1) is 23.1 Å². The molecule has 0 bridgehead atoms. The predicted octanol–water partition coefficient (Wildman–Crippen LogP) is 3.88. The standard InChI is InChI=1S/C17H13ClFNO4/c1-3-23-17(22)13(19)14-8(2)6-11-15(21)10-7-9(18)4-5-12(10)24-16(11)20-14/h4-7,13H,3H2,1-2H3. The lowest BCUT2D eigenvalue weighted by atomic mass is 10.1. The van der Waals surface area contributed by atoms with Crippen molar-refractivity contribution in [3.05, 3.63) is 50.8 Å². The number of ether oxygens (including phenoxy) is 1. The number of alkyl halides is 1. The molecule has 0 saturated carbocycles. The van der Waals surface area contributed by atoms with Crippen LogP contribution in [-0.2, 0) is 9.53 Å². The molecule has 2 heterocycles. The molecule has 0 fully saturated rings. The van der Waals surface area contributed by atoms with E-state index in [0.29, 0.717) is 16.0 Å². The molecule has 0 spiro atoms. The predicted molar refractivity (Wildman–Crippen MR) is 88.0 cm³/mol. The first-order chi connectivity index (χ1) is 11.4. The van der Waals surface area contributed by atoms with Gasteiger partial charge in [0, 0.05) is 5.02 Å². The van der Waals surface area contributed by atoms with Crippen molar-refractivity contribution in [2.75, 3.05) is 6.61 Å². The van der Waals surface area contributed by atoms with Gasteiger partial charge in [-0.2, -0.15) is 0 Å². The van der Waals surface area contributed by atoms with Crippen molar-refractivity contribution in [2.24, 2.45) is 0 Å². The van der Waals surface area contributed by atoms with E-state index in [0.717, 1.165) is 0 Å². The second-order valence-corrected chi connectivity index (χ2v) is 5.67. The Morgan fingerprint density at radius 1 is 1.38 bits per heavy atom. The van der Waals surface area contributed by atoms with Crippen LogP contribution in [0.25, 0.3) is 22.1 Å². The number of carbonyl (C=O) groups excluding carboxylic acids is 1. The fraction of sp³-hybridized carbons (Fsp3) is 0.235. The Balaban J connectivity index is 2.24. The Labute approximate surface area is 141 Å². The SMILES string of the molecule is CCOC(=O)C(F)c1nc2oc3ccc(Cl)cc3c(=O)c2cc1C. The van der Waals surface area contributed by atoms with Gasteiger partial charge in [0.2, 0.25) is 17.3 Å². The highest BCUT2D eigenvalue weighted by Gasteiger charge is 2.26. The minimum atomic E-state index is -2.04. The molecule has 0 aliphatic carbocycles. The summed E-state index contributed by atoms with van der Waals surface area (Å²) in [4.78, 5) is 28.2. The number of halogens is 2. The molecule has 1 atom stereocenters. The lowest BCUT2D eigenvalue weighted by Gasteiger charge is -2.11. The molecular formula is C17H13ClFNO4. The Bertz CT molecular complexity index is 1010. The van der Waals surface area contributed by atoms with Crippen molar-refractivity contribution in [1.82, 2.24) is 4.98 Å². The van der Waals surface area contributed by atoms with Crippen LogP contribution in [0.2, 0.25) is 5.02 Å². The summed E-state index contributed by atoms with van der Waals surface area (Å²) in [6, 6.07) is 6.07. The number of esters is 1. The van der Waals surface area contributed by atoms with E-state index >= 15 is 0 Å². The Morgan fingerprint density at radius 2 is 2.12 bits per heavy atom. The summed E-state index contributed by atoms with van der Waals surface area (Å²) in [5.74, 6) is -1.03. The molecule has 24 heavy (non-hydrogen) atoms. The van der Waals surface area contributed by atoms with Crippen molar-refractivity contribution >= 4 is 39.6 Å². The van der Waals surface area contributed by atoms with E-state index < -0.39 is 12.1 Å². The molecule has 7 heteroatoms. The summed E-state index contributed by atoms with van der Waals surface area (Å²) < 4.78 is 24.5. The van der Waals surface area contributed by atoms with E-state index in [1.54, 1.807) is 19.9 Å². The molecule has 0 N–H and O–H groups in total. The highest BCUT2D eigenvalue weighted by molar-refractivity contribution is 6.31. The maximum absolute atomic E-state index is 14.3. The van der Waals surface area contributed by atoms with Gasteiger partial charge in [0.1, 0.15) is 5.58 Å². The number of hydrogen-bond donors (Lipinski definition) is 0. The normalized spacial score (nSPS) is 12.5. The average molecular weight is 350 g/mol. The lowest BCUT2D eigenvalue weighted by Crippen LogP contribution is -2.15. The van der Waals surface area contributed by atoms with E-state index in [-0.39, 0.29) is 34.4 Å². The Morgan fingerprint density at radius 3 is 2.83 bits per heavy atom. The van der Waals surface area contributed by atoms with Gasteiger partial charge in [0.25, 0.3) is 0 Å². The first kappa shape index (κ1) is 16.4. The number of nitrogens with zero attached hydrogens (tertiary/aromatic N) is 1. The number of fused-ring (bicyclic) bond motifs is 2.